The van der Waals surface area contributed by atoms with Crippen molar-refractivity contribution < 1.29 is 9.59 Å². The molecule has 8 heteroatoms. The maximum Gasteiger partial charge on any atom is 0.282 e. The Kier molecular flexibility index (Phi) is 4.74. The third-order valence-corrected chi connectivity index (χ3v) is 4.74. The molecule has 122 valence electrons. The Bertz CT molecular complexity index is 875. The fourth-order valence-corrected chi connectivity index (χ4v) is 2.96. The number of amides is 2. The van der Waals surface area contributed by atoms with Crippen molar-refractivity contribution in [3.63, 3.8) is 0 Å². The van der Waals surface area contributed by atoms with Crippen molar-refractivity contribution in [2.45, 2.75) is 0 Å². The second-order valence-corrected chi connectivity index (χ2v) is 6.50. The summed E-state index contributed by atoms with van der Waals surface area (Å²) in [6, 6.07) is 9.49. The van der Waals surface area contributed by atoms with E-state index in [1.807, 2.05) is 0 Å². The predicted octanol–water partition coefficient (Wildman–Crippen LogP) is 4.76. The van der Waals surface area contributed by atoms with Crippen LogP contribution in [0.15, 0.2) is 42.0 Å². The van der Waals surface area contributed by atoms with Gasteiger partial charge in [-0.3, -0.25) is 15.0 Å². The summed E-state index contributed by atoms with van der Waals surface area (Å²) in [5, 5.41) is 2.37. The minimum absolute atomic E-state index is 0.0870. The molecule has 2 amide bonds. The van der Waals surface area contributed by atoms with Crippen LogP contribution in [-0.4, -0.2) is 11.8 Å². The zero-order valence-electron chi connectivity index (χ0n) is 11.8. The molecule has 2 aromatic carbocycles. The lowest BCUT2D eigenvalue weighted by Crippen LogP contribution is -2.35. The molecule has 0 bridgehead atoms. The van der Waals surface area contributed by atoms with Crippen LogP contribution in [-0.2, 0) is 9.59 Å². The predicted molar refractivity (Wildman–Crippen MR) is 96.5 cm³/mol. The molecule has 1 N–H and O–H groups in total. The molecular formula is C16H8Cl4N2O2. The van der Waals surface area contributed by atoms with E-state index in [9.17, 15) is 9.59 Å². The first-order valence-corrected chi connectivity index (χ1v) is 8.16. The van der Waals surface area contributed by atoms with Crippen molar-refractivity contribution in [3.8, 4) is 0 Å². The van der Waals surface area contributed by atoms with E-state index in [2.05, 4.69) is 5.43 Å². The van der Waals surface area contributed by atoms with Crippen LogP contribution in [0.3, 0.4) is 0 Å². The molecular weight excluding hydrogens is 394 g/mol. The third-order valence-electron chi connectivity index (χ3n) is 3.34. The molecule has 1 heterocycles. The van der Waals surface area contributed by atoms with E-state index in [1.54, 1.807) is 24.3 Å². The molecule has 4 nitrogen and oxygen atoms in total. The van der Waals surface area contributed by atoms with E-state index in [1.165, 1.54) is 18.2 Å². The number of hydrogen-bond acceptors (Lipinski definition) is 2. The van der Waals surface area contributed by atoms with E-state index < -0.39 is 11.8 Å². The Balaban J connectivity index is 2.00. The number of hydrogen-bond donors (Lipinski definition) is 1. The number of halogens is 4. The van der Waals surface area contributed by atoms with Crippen molar-refractivity contribution in [2.75, 3.05) is 5.01 Å². The highest BCUT2D eigenvalue weighted by atomic mass is 35.5. The van der Waals surface area contributed by atoms with E-state index in [4.69, 9.17) is 46.4 Å². The monoisotopic (exact) mass is 400 g/mol. The average Bonchev–Trinajstić information content (AvgIpc) is 2.81. The van der Waals surface area contributed by atoms with Crippen LogP contribution in [0.4, 0.5) is 5.69 Å². The molecule has 3 rings (SSSR count). The van der Waals surface area contributed by atoms with Gasteiger partial charge in [0.25, 0.3) is 11.8 Å². The largest absolute Gasteiger partial charge is 0.282 e. The number of nitrogens with zero attached hydrogens (tertiary/aromatic N) is 1. The molecule has 0 unspecified atom stereocenters. The molecule has 0 aromatic heterocycles. The molecule has 1 aliphatic heterocycles. The summed E-state index contributed by atoms with van der Waals surface area (Å²) in [6.07, 6.45) is 1.36. The second kappa shape index (κ2) is 6.65. The highest BCUT2D eigenvalue weighted by molar-refractivity contribution is 6.42. The molecule has 2 aromatic rings. The third kappa shape index (κ3) is 3.10. The number of rotatable bonds is 2. The maximum atomic E-state index is 12.6. The summed E-state index contributed by atoms with van der Waals surface area (Å²) >= 11 is 24.0. The van der Waals surface area contributed by atoms with Gasteiger partial charge >= 0.3 is 0 Å². The fourth-order valence-electron chi connectivity index (χ4n) is 2.16. The Hall–Kier alpha value is -1.72. The molecule has 0 radical (unpaired) electrons. The zero-order valence-corrected chi connectivity index (χ0v) is 14.8. The van der Waals surface area contributed by atoms with Gasteiger partial charge in [-0.1, -0.05) is 52.5 Å². The summed E-state index contributed by atoms with van der Waals surface area (Å²) < 4.78 is 0. The fraction of sp³-hybridized carbons (Fsp3) is 0. The van der Waals surface area contributed by atoms with Crippen molar-refractivity contribution in [3.05, 3.63) is 67.6 Å². The number of nitrogens with one attached hydrogen (secondary N) is 1. The van der Waals surface area contributed by atoms with Crippen molar-refractivity contribution in [2.24, 2.45) is 0 Å². The summed E-state index contributed by atoms with van der Waals surface area (Å²) in [7, 11) is 0. The SMILES string of the molecule is O=C1NN(c2ccc(Cl)c(Cl)c2)C(=O)/C1=C/c1c(Cl)cccc1Cl. The van der Waals surface area contributed by atoms with Crippen LogP contribution in [0.1, 0.15) is 5.56 Å². The number of hydrazine groups is 1. The van der Waals surface area contributed by atoms with Crippen LogP contribution in [0.2, 0.25) is 20.1 Å². The molecule has 0 spiro atoms. The van der Waals surface area contributed by atoms with Crippen LogP contribution in [0.25, 0.3) is 6.08 Å². The van der Waals surface area contributed by atoms with Crippen LogP contribution in [0.5, 0.6) is 0 Å². The van der Waals surface area contributed by atoms with Gasteiger partial charge in [-0.25, -0.2) is 5.01 Å². The molecule has 1 aliphatic rings. The Labute approximate surface area is 157 Å². The van der Waals surface area contributed by atoms with Crippen LogP contribution < -0.4 is 10.4 Å². The minimum Gasteiger partial charge on any atom is -0.267 e. The molecule has 1 saturated heterocycles. The van der Waals surface area contributed by atoms with Gasteiger partial charge in [0.15, 0.2) is 0 Å². The van der Waals surface area contributed by atoms with Gasteiger partial charge in [0.2, 0.25) is 0 Å². The summed E-state index contributed by atoms with van der Waals surface area (Å²) in [5.74, 6) is -1.11. The van der Waals surface area contributed by atoms with Gasteiger partial charge < -0.3 is 0 Å². The first-order valence-electron chi connectivity index (χ1n) is 6.64. The Morgan fingerprint density at radius 2 is 1.54 bits per heavy atom. The lowest BCUT2D eigenvalue weighted by Gasteiger charge is -2.15. The summed E-state index contributed by atoms with van der Waals surface area (Å²) in [6.45, 7) is 0. The highest BCUT2D eigenvalue weighted by Gasteiger charge is 2.35. The Morgan fingerprint density at radius 3 is 2.17 bits per heavy atom. The quantitative estimate of drug-likeness (QED) is 0.582. The number of carbonyl (C=O) groups is 2. The number of carbonyl (C=O) groups excluding carboxylic acids is 2. The molecule has 24 heavy (non-hydrogen) atoms. The normalized spacial score (nSPS) is 16.0. The van der Waals surface area contributed by atoms with E-state index in [0.29, 0.717) is 26.3 Å². The van der Waals surface area contributed by atoms with E-state index in [0.717, 1.165) is 5.01 Å². The zero-order chi connectivity index (χ0) is 17.4. The van der Waals surface area contributed by atoms with Gasteiger partial charge in [-0.2, -0.15) is 0 Å². The van der Waals surface area contributed by atoms with Gasteiger partial charge in [0, 0.05) is 15.6 Å². The topological polar surface area (TPSA) is 49.4 Å². The van der Waals surface area contributed by atoms with Gasteiger partial charge in [-0.15, -0.1) is 0 Å². The van der Waals surface area contributed by atoms with E-state index >= 15 is 0 Å². The highest BCUT2D eigenvalue weighted by Crippen LogP contribution is 2.31. The molecule has 0 aliphatic carbocycles. The Morgan fingerprint density at radius 1 is 0.875 bits per heavy atom. The van der Waals surface area contributed by atoms with Gasteiger partial charge in [0.05, 0.1) is 15.7 Å². The molecule has 1 fully saturated rings. The lowest BCUT2D eigenvalue weighted by molar-refractivity contribution is -0.117. The van der Waals surface area contributed by atoms with Crippen molar-refractivity contribution in [1.29, 1.82) is 0 Å². The number of benzene rings is 2. The smallest absolute Gasteiger partial charge is 0.267 e. The van der Waals surface area contributed by atoms with Gasteiger partial charge in [-0.05, 0) is 36.4 Å². The van der Waals surface area contributed by atoms with Gasteiger partial charge in [0.1, 0.15) is 5.57 Å². The summed E-state index contributed by atoms with van der Waals surface area (Å²) in [4.78, 5) is 24.7. The standard InChI is InChI=1S/C16H8Cl4N2O2/c17-11-2-1-3-12(18)9(11)7-10-15(23)21-22(16(10)24)8-4-5-13(19)14(20)6-8/h1-7H,(H,21,23)/b10-7+. The minimum atomic E-state index is -0.568. The first-order chi connectivity index (χ1) is 11.4. The van der Waals surface area contributed by atoms with E-state index in [-0.39, 0.29) is 10.6 Å². The second-order valence-electron chi connectivity index (χ2n) is 4.87. The van der Waals surface area contributed by atoms with Crippen molar-refractivity contribution >= 4 is 70.0 Å². The summed E-state index contributed by atoms with van der Waals surface area (Å²) in [5.41, 5.74) is 3.16. The first kappa shape index (κ1) is 17.1. The van der Waals surface area contributed by atoms with Crippen LogP contribution >= 0.6 is 46.4 Å². The molecule has 0 atom stereocenters. The molecule has 0 saturated carbocycles. The number of anilines is 1. The van der Waals surface area contributed by atoms with Crippen LogP contribution in [0, 0.1) is 0 Å². The maximum absolute atomic E-state index is 12.6. The van der Waals surface area contributed by atoms with Crippen molar-refractivity contribution in [1.82, 2.24) is 5.43 Å². The average molecular weight is 402 g/mol. The lowest BCUT2D eigenvalue weighted by atomic mass is 10.1.